The highest BCUT2D eigenvalue weighted by atomic mass is 15.0. The lowest BCUT2D eigenvalue weighted by Crippen LogP contribution is -1.91. The first-order chi connectivity index (χ1) is 12.4. The first kappa shape index (κ1) is 13.0. The van der Waals surface area contributed by atoms with Gasteiger partial charge in [0.2, 0.25) is 0 Å². The molecule has 0 unspecified atom stereocenters. The van der Waals surface area contributed by atoms with Crippen molar-refractivity contribution in [1.29, 1.82) is 0 Å². The van der Waals surface area contributed by atoms with Gasteiger partial charge in [-0.3, -0.25) is 4.40 Å². The van der Waals surface area contributed by atoms with Crippen LogP contribution in [0.1, 0.15) is 0 Å². The molecule has 2 heteroatoms. The second-order valence-electron chi connectivity index (χ2n) is 6.52. The van der Waals surface area contributed by atoms with Gasteiger partial charge in [0.25, 0.3) is 0 Å². The van der Waals surface area contributed by atoms with Crippen molar-refractivity contribution >= 4 is 49.1 Å². The molecule has 2 nitrogen and oxygen atoms in total. The fraction of sp³-hybridized carbons (Fsp3) is 0. The number of nitrogens with zero attached hydrogens (tertiary/aromatic N) is 2. The Kier molecular flexibility index (Phi) is 2.37. The van der Waals surface area contributed by atoms with Crippen LogP contribution in [-0.2, 0) is 0 Å². The Labute approximate surface area is 143 Å². The molecule has 6 rings (SSSR count). The normalized spacial score (nSPS) is 12.0. The minimum absolute atomic E-state index is 1.03. The van der Waals surface area contributed by atoms with E-state index >= 15 is 0 Å². The van der Waals surface area contributed by atoms with E-state index in [0.717, 1.165) is 16.7 Å². The summed E-state index contributed by atoms with van der Waals surface area (Å²) >= 11 is 0. The van der Waals surface area contributed by atoms with Crippen LogP contribution in [0.2, 0.25) is 0 Å². The summed E-state index contributed by atoms with van der Waals surface area (Å²) in [4.78, 5) is 4.94. The SMILES string of the molecule is c1ccc2cc3c(cc2c1)c1ccccc1c1nc2ccccc2n31. The van der Waals surface area contributed by atoms with E-state index in [2.05, 4.69) is 89.3 Å². The molecule has 25 heavy (non-hydrogen) atoms. The summed E-state index contributed by atoms with van der Waals surface area (Å²) in [5.74, 6) is 0. The van der Waals surface area contributed by atoms with Gasteiger partial charge in [0.1, 0.15) is 5.65 Å². The Morgan fingerprint density at radius 2 is 1.24 bits per heavy atom. The molecule has 0 aliphatic rings. The van der Waals surface area contributed by atoms with Crippen molar-refractivity contribution in [1.82, 2.24) is 9.38 Å². The Morgan fingerprint density at radius 1 is 0.560 bits per heavy atom. The van der Waals surface area contributed by atoms with Gasteiger partial charge in [0.05, 0.1) is 16.6 Å². The van der Waals surface area contributed by atoms with Gasteiger partial charge in [-0.05, 0) is 40.4 Å². The Balaban J connectivity index is 2.03. The number of fused-ring (bicyclic) bond motifs is 9. The van der Waals surface area contributed by atoms with Crippen LogP contribution in [0, 0.1) is 0 Å². The molecule has 0 aliphatic carbocycles. The van der Waals surface area contributed by atoms with Crippen LogP contribution in [0.4, 0.5) is 0 Å². The van der Waals surface area contributed by atoms with E-state index < -0.39 is 0 Å². The average Bonchev–Trinajstić information content (AvgIpc) is 3.07. The highest BCUT2D eigenvalue weighted by Gasteiger charge is 2.13. The van der Waals surface area contributed by atoms with E-state index in [0.29, 0.717) is 0 Å². The second-order valence-corrected chi connectivity index (χ2v) is 6.52. The lowest BCUT2D eigenvalue weighted by molar-refractivity contribution is 1.32. The predicted octanol–water partition coefficient (Wildman–Crippen LogP) is 5.95. The quantitative estimate of drug-likeness (QED) is 0.250. The first-order valence-electron chi connectivity index (χ1n) is 8.50. The van der Waals surface area contributed by atoms with Gasteiger partial charge >= 0.3 is 0 Å². The third-order valence-corrected chi connectivity index (χ3v) is 5.12. The maximum Gasteiger partial charge on any atom is 0.146 e. The van der Waals surface area contributed by atoms with Gasteiger partial charge in [-0.2, -0.15) is 0 Å². The number of hydrogen-bond acceptors (Lipinski definition) is 1. The lowest BCUT2D eigenvalue weighted by atomic mass is 10.0. The molecule has 0 fully saturated rings. The molecule has 0 N–H and O–H groups in total. The summed E-state index contributed by atoms with van der Waals surface area (Å²) in [5.41, 5.74) is 4.43. The van der Waals surface area contributed by atoms with Gasteiger partial charge in [-0.1, -0.05) is 60.7 Å². The van der Waals surface area contributed by atoms with Crippen LogP contribution in [0.5, 0.6) is 0 Å². The number of pyridine rings is 1. The van der Waals surface area contributed by atoms with Crippen molar-refractivity contribution in [2.24, 2.45) is 0 Å². The minimum Gasteiger partial charge on any atom is -0.292 e. The summed E-state index contributed by atoms with van der Waals surface area (Å²) in [6.07, 6.45) is 0. The molecular formula is C23H14N2. The van der Waals surface area contributed by atoms with E-state index in [1.165, 1.54) is 32.4 Å². The molecule has 0 radical (unpaired) electrons. The summed E-state index contributed by atoms with van der Waals surface area (Å²) in [6.45, 7) is 0. The number of benzene rings is 4. The van der Waals surface area contributed by atoms with Crippen LogP contribution in [0.15, 0.2) is 84.9 Å². The second kappa shape index (κ2) is 4.58. The Morgan fingerprint density at radius 3 is 2.12 bits per heavy atom. The molecule has 0 spiro atoms. The zero-order valence-electron chi connectivity index (χ0n) is 13.5. The predicted molar refractivity (Wildman–Crippen MR) is 105 cm³/mol. The summed E-state index contributed by atoms with van der Waals surface area (Å²) < 4.78 is 2.30. The first-order valence-corrected chi connectivity index (χ1v) is 8.50. The Bertz CT molecular complexity index is 1440. The molecule has 2 aromatic heterocycles. The molecule has 0 amide bonds. The van der Waals surface area contributed by atoms with E-state index in [1.807, 2.05) is 0 Å². The average molecular weight is 318 g/mol. The summed E-state index contributed by atoms with van der Waals surface area (Å²) in [7, 11) is 0. The smallest absolute Gasteiger partial charge is 0.146 e. The van der Waals surface area contributed by atoms with Gasteiger partial charge < -0.3 is 0 Å². The molecule has 0 bridgehead atoms. The van der Waals surface area contributed by atoms with Gasteiger partial charge in [-0.15, -0.1) is 0 Å². The zero-order chi connectivity index (χ0) is 16.4. The number of para-hydroxylation sites is 2. The fourth-order valence-electron chi connectivity index (χ4n) is 3.99. The molecule has 2 heterocycles. The van der Waals surface area contributed by atoms with Gasteiger partial charge in [0.15, 0.2) is 0 Å². The molecule has 116 valence electrons. The van der Waals surface area contributed by atoms with Crippen LogP contribution in [-0.4, -0.2) is 9.38 Å². The molecule has 0 saturated heterocycles. The molecule has 0 aliphatic heterocycles. The van der Waals surface area contributed by atoms with Crippen molar-refractivity contribution in [2.45, 2.75) is 0 Å². The van der Waals surface area contributed by atoms with E-state index in [4.69, 9.17) is 4.98 Å². The zero-order valence-corrected chi connectivity index (χ0v) is 13.5. The van der Waals surface area contributed by atoms with E-state index in [-0.39, 0.29) is 0 Å². The van der Waals surface area contributed by atoms with E-state index in [1.54, 1.807) is 0 Å². The maximum absolute atomic E-state index is 4.94. The van der Waals surface area contributed by atoms with Crippen LogP contribution >= 0.6 is 0 Å². The summed E-state index contributed by atoms with van der Waals surface area (Å²) in [5, 5.41) is 6.24. The lowest BCUT2D eigenvalue weighted by Gasteiger charge is -2.10. The fourth-order valence-corrected chi connectivity index (χ4v) is 3.99. The largest absolute Gasteiger partial charge is 0.292 e. The van der Waals surface area contributed by atoms with Crippen LogP contribution in [0.25, 0.3) is 49.1 Å². The molecular weight excluding hydrogens is 304 g/mol. The van der Waals surface area contributed by atoms with Crippen molar-refractivity contribution in [3.63, 3.8) is 0 Å². The third kappa shape index (κ3) is 1.66. The van der Waals surface area contributed by atoms with Crippen molar-refractivity contribution < 1.29 is 0 Å². The van der Waals surface area contributed by atoms with Gasteiger partial charge in [0, 0.05) is 10.8 Å². The van der Waals surface area contributed by atoms with Crippen molar-refractivity contribution in [2.75, 3.05) is 0 Å². The molecule has 0 saturated carbocycles. The molecule has 6 aromatic rings. The van der Waals surface area contributed by atoms with Gasteiger partial charge in [-0.25, -0.2) is 4.98 Å². The summed E-state index contributed by atoms with van der Waals surface area (Å²) in [6, 6.07) is 30.1. The third-order valence-electron chi connectivity index (χ3n) is 5.12. The number of aromatic nitrogens is 2. The number of hydrogen-bond donors (Lipinski definition) is 0. The topological polar surface area (TPSA) is 17.3 Å². The number of imidazole rings is 1. The standard InChI is InChI=1S/C23H14N2/c1-2-8-16-14-22-19(13-15(16)7-1)17-9-3-4-10-18(17)23-24-20-11-5-6-12-21(20)25(22)23/h1-14H. The number of rotatable bonds is 0. The van der Waals surface area contributed by atoms with Crippen LogP contribution < -0.4 is 0 Å². The highest BCUT2D eigenvalue weighted by molar-refractivity contribution is 6.16. The molecule has 0 atom stereocenters. The van der Waals surface area contributed by atoms with Crippen molar-refractivity contribution in [3.05, 3.63) is 84.9 Å². The Hall–Kier alpha value is -3.39. The van der Waals surface area contributed by atoms with Crippen LogP contribution in [0.3, 0.4) is 0 Å². The van der Waals surface area contributed by atoms with E-state index in [9.17, 15) is 0 Å². The highest BCUT2D eigenvalue weighted by Crippen LogP contribution is 2.34. The molecule has 4 aromatic carbocycles. The van der Waals surface area contributed by atoms with Crippen molar-refractivity contribution in [3.8, 4) is 0 Å². The maximum atomic E-state index is 4.94. The monoisotopic (exact) mass is 318 g/mol. The minimum atomic E-state index is 1.03.